The van der Waals surface area contributed by atoms with Crippen molar-refractivity contribution in [3.05, 3.63) is 34.2 Å². The van der Waals surface area contributed by atoms with E-state index >= 15 is 0 Å². The lowest BCUT2D eigenvalue weighted by Gasteiger charge is -2.07. The van der Waals surface area contributed by atoms with Gasteiger partial charge in [-0.05, 0) is 24.0 Å². The van der Waals surface area contributed by atoms with Gasteiger partial charge in [-0.1, -0.05) is 26.0 Å². The van der Waals surface area contributed by atoms with Crippen LogP contribution in [0.2, 0.25) is 0 Å². The van der Waals surface area contributed by atoms with Gasteiger partial charge in [0.1, 0.15) is 0 Å². The maximum atomic E-state index is 11.9. The second-order valence-corrected chi connectivity index (χ2v) is 4.38. The van der Waals surface area contributed by atoms with Crippen molar-refractivity contribution >= 4 is 10.9 Å². The first-order valence-electron chi connectivity index (χ1n) is 5.58. The second-order valence-electron chi connectivity index (χ2n) is 4.38. The first kappa shape index (κ1) is 11.6. The van der Waals surface area contributed by atoms with Crippen LogP contribution < -0.4 is 10.4 Å². The van der Waals surface area contributed by atoms with Gasteiger partial charge < -0.3 is 9.15 Å². The Morgan fingerprint density at radius 2 is 2.18 bits per heavy atom. The van der Waals surface area contributed by atoms with Crippen LogP contribution in [0, 0.1) is 5.92 Å². The molecule has 1 aromatic carbocycles. The second kappa shape index (κ2) is 4.57. The van der Waals surface area contributed by atoms with Crippen molar-refractivity contribution < 1.29 is 9.15 Å². The molecule has 0 fully saturated rings. The number of hydrogen-bond donors (Lipinski definition) is 0. The van der Waals surface area contributed by atoms with E-state index in [-0.39, 0.29) is 11.7 Å². The zero-order valence-electron chi connectivity index (χ0n) is 10.2. The van der Waals surface area contributed by atoms with E-state index in [2.05, 4.69) is 18.8 Å². The first-order chi connectivity index (χ1) is 8.11. The van der Waals surface area contributed by atoms with E-state index in [1.807, 2.05) is 12.1 Å². The predicted octanol–water partition coefficient (Wildman–Crippen LogP) is 2.40. The highest BCUT2D eigenvalue weighted by Crippen LogP contribution is 2.19. The molecule has 0 atom stereocenters. The minimum absolute atomic E-state index is 0.00389. The number of aromatic nitrogens is 1. The third-order valence-electron chi connectivity index (χ3n) is 2.53. The van der Waals surface area contributed by atoms with E-state index in [4.69, 9.17) is 9.15 Å². The van der Waals surface area contributed by atoms with Crippen LogP contribution >= 0.6 is 0 Å². The van der Waals surface area contributed by atoms with E-state index in [9.17, 15) is 4.79 Å². The van der Waals surface area contributed by atoms with Gasteiger partial charge in [-0.3, -0.25) is 0 Å². The molecule has 0 saturated heterocycles. The van der Waals surface area contributed by atoms with Crippen LogP contribution in [0.25, 0.3) is 10.9 Å². The summed E-state index contributed by atoms with van der Waals surface area (Å²) in [6.45, 7) is 4.22. The normalized spacial score (nSPS) is 11.1. The summed E-state index contributed by atoms with van der Waals surface area (Å²) >= 11 is 0. The maximum Gasteiger partial charge on any atom is 0.396 e. The van der Waals surface area contributed by atoms with Gasteiger partial charge >= 0.3 is 11.7 Å². The molecule has 0 aliphatic carbocycles. The molecule has 2 rings (SSSR count). The van der Waals surface area contributed by atoms with Crippen LogP contribution in [0.3, 0.4) is 0 Å². The summed E-state index contributed by atoms with van der Waals surface area (Å²) in [4.78, 5) is 16.0. The van der Waals surface area contributed by atoms with Crippen molar-refractivity contribution in [2.45, 2.75) is 20.3 Å². The van der Waals surface area contributed by atoms with Crippen LogP contribution in [-0.2, 0) is 6.42 Å². The Balaban J connectivity index is 2.68. The molecule has 0 aliphatic heterocycles. The minimum Gasteiger partial charge on any atom is -0.453 e. The largest absolute Gasteiger partial charge is 0.453 e. The minimum atomic E-state index is -0.386. The zero-order valence-corrected chi connectivity index (χ0v) is 10.2. The van der Waals surface area contributed by atoms with E-state index in [1.165, 1.54) is 7.11 Å². The summed E-state index contributed by atoms with van der Waals surface area (Å²) in [5.74, 6) is 0.474. The molecule has 2 aromatic rings. The Morgan fingerprint density at radius 3 is 2.82 bits per heavy atom. The van der Waals surface area contributed by atoms with E-state index < -0.39 is 0 Å². The average Bonchev–Trinajstić information content (AvgIpc) is 2.27. The first-order valence-corrected chi connectivity index (χ1v) is 5.58. The van der Waals surface area contributed by atoms with Gasteiger partial charge in [0.2, 0.25) is 0 Å². The SMILES string of the molecule is COc1nc2cccc(CC(C)C)c2c(=O)o1. The van der Waals surface area contributed by atoms with Crippen LogP contribution in [0.1, 0.15) is 19.4 Å². The fraction of sp³-hybridized carbons (Fsp3) is 0.385. The fourth-order valence-corrected chi connectivity index (χ4v) is 1.86. The lowest BCUT2D eigenvalue weighted by atomic mass is 10.00. The maximum absolute atomic E-state index is 11.9. The van der Waals surface area contributed by atoms with E-state index in [0.29, 0.717) is 16.8 Å². The fourth-order valence-electron chi connectivity index (χ4n) is 1.86. The standard InChI is InChI=1S/C13H15NO3/c1-8(2)7-9-5-4-6-10-11(9)12(15)17-13(14-10)16-3/h4-6,8H,7H2,1-3H3. The Labute approximate surface area is 99.2 Å². The third kappa shape index (κ3) is 2.30. The van der Waals surface area contributed by atoms with Gasteiger partial charge in [0.25, 0.3) is 0 Å². The van der Waals surface area contributed by atoms with Crippen molar-refractivity contribution in [1.82, 2.24) is 4.98 Å². The summed E-state index contributed by atoms with van der Waals surface area (Å²) in [6, 6.07) is 5.62. The number of methoxy groups -OCH3 is 1. The van der Waals surface area contributed by atoms with Gasteiger partial charge in [0, 0.05) is 0 Å². The van der Waals surface area contributed by atoms with Gasteiger partial charge in [0.05, 0.1) is 18.0 Å². The number of ether oxygens (including phenoxy) is 1. The van der Waals surface area contributed by atoms with Crippen LogP contribution in [-0.4, -0.2) is 12.1 Å². The Kier molecular flexibility index (Phi) is 3.13. The number of nitrogens with zero attached hydrogens (tertiary/aromatic N) is 1. The molecule has 4 nitrogen and oxygen atoms in total. The van der Waals surface area contributed by atoms with Crippen molar-refractivity contribution in [2.24, 2.45) is 5.92 Å². The number of hydrogen-bond acceptors (Lipinski definition) is 4. The molecule has 0 spiro atoms. The molecule has 90 valence electrons. The number of fused-ring (bicyclic) bond motifs is 1. The van der Waals surface area contributed by atoms with E-state index in [0.717, 1.165) is 12.0 Å². The number of rotatable bonds is 3. The summed E-state index contributed by atoms with van der Waals surface area (Å²) < 4.78 is 9.82. The molecule has 0 radical (unpaired) electrons. The molecule has 0 aliphatic rings. The van der Waals surface area contributed by atoms with Gasteiger partial charge in [0.15, 0.2) is 0 Å². The highest BCUT2D eigenvalue weighted by molar-refractivity contribution is 5.81. The van der Waals surface area contributed by atoms with Crippen LogP contribution in [0.4, 0.5) is 0 Å². The van der Waals surface area contributed by atoms with Gasteiger partial charge in [-0.2, -0.15) is 4.98 Å². The summed E-state index contributed by atoms with van der Waals surface area (Å²) in [7, 11) is 1.43. The molecule has 4 heteroatoms. The summed E-state index contributed by atoms with van der Waals surface area (Å²) in [5.41, 5.74) is 1.21. The van der Waals surface area contributed by atoms with Crippen LogP contribution in [0.5, 0.6) is 6.08 Å². The predicted molar refractivity (Wildman–Crippen MR) is 65.4 cm³/mol. The summed E-state index contributed by atoms with van der Waals surface area (Å²) in [6.07, 6.45) is 0.833. The average molecular weight is 233 g/mol. The quantitative estimate of drug-likeness (QED) is 0.816. The molecule has 0 saturated carbocycles. The topological polar surface area (TPSA) is 52.3 Å². The van der Waals surface area contributed by atoms with Crippen LogP contribution in [0.15, 0.2) is 27.4 Å². The highest BCUT2D eigenvalue weighted by Gasteiger charge is 2.11. The molecule has 1 heterocycles. The Hall–Kier alpha value is -1.84. The lowest BCUT2D eigenvalue weighted by molar-refractivity contribution is 0.270. The molecule has 0 unspecified atom stereocenters. The number of benzene rings is 1. The zero-order chi connectivity index (χ0) is 12.4. The molecular formula is C13H15NO3. The summed E-state index contributed by atoms with van der Waals surface area (Å²) in [5, 5.41) is 0.557. The Bertz CT molecular complexity index is 587. The molecule has 1 aromatic heterocycles. The lowest BCUT2D eigenvalue weighted by Crippen LogP contribution is -2.07. The van der Waals surface area contributed by atoms with E-state index in [1.54, 1.807) is 6.07 Å². The molecule has 0 bridgehead atoms. The third-order valence-corrected chi connectivity index (χ3v) is 2.53. The van der Waals surface area contributed by atoms with Crippen molar-refractivity contribution in [3.63, 3.8) is 0 Å². The van der Waals surface area contributed by atoms with Crippen molar-refractivity contribution in [2.75, 3.05) is 7.11 Å². The van der Waals surface area contributed by atoms with Gasteiger partial charge in [-0.25, -0.2) is 4.79 Å². The Morgan fingerprint density at radius 1 is 1.41 bits per heavy atom. The highest BCUT2D eigenvalue weighted by atomic mass is 16.6. The molecule has 17 heavy (non-hydrogen) atoms. The molecular weight excluding hydrogens is 218 g/mol. The smallest absolute Gasteiger partial charge is 0.396 e. The molecule has 0 N–H and O–H groups in total. The monoisotopic (exact) mass is 233 g/mol. The van der Waals surface area contributed by atoms with Crippen molar-refractivity contribution in [3.8, 4) is 6.08 Å². The van der Waals surface area contributed by atoms with Gasteiger partial charge in [-0.15, -0.1) is 0 Å². The molecule has 0 amide bonds. The van der Waals surface area contributed by atoms with Crippen molar-refractivity contribution in [1.29, 1.82) is 0 Å².